The number of rotatable bonds is 12. The molecule has 0 aliphatic heterocycles. The van der Waals surface area contributed by atoms with Gasteiger partial charge in [-0.2, -0.15) is 0 Å². The molecule has 9 heteroatoms. The Balaban J connectivity index is 1.77. The minimum atomic E-state index is -0.355. The molecule has 0 saturated carbocycles. The van der Waals surface area contributed by atoms with Crippen molar-refractivity contribution in [1.29, 1.82) is 0 Å². The van der Waals surface area contributed by atoms with Crippen molar-refractivity contribution in [2.45, 2.75) is 23.6 Å². The van der Waals surface area contributed by atoms with Crippen molar-refractivity contribution in [1.82, 2.24) is 4.90 Å². The van der Waals surface area contributed by atoms with Crippen LogP contribution in [0.3, 0.4) is 0 Å². The number of primary amides is 1. The number of nitrogens with zero attached hydrogens (tertiary/aromatic N) is 1. The molecule has 0 heterocycles. The Morgan fingerprint density at radius 1 is 0.774 bits per heavy atom. The zero-order chi connectivity index (χ0) is 22.6. The highest BCUT2D eigenvalue weighted by Crippen LogP contribution is 2.23. The van der Waals surface area contributed by atoms with E-state index in [1.165, 1.54) is 13.8 Å². The number of esters is 2. The number of hydrogen-bond donors (Lipinski definition) is 1. The summed E-state index contributed by atoms with van der Waals surface area (Å²) in [5.41, 5.74) is 5.39. The Bertz CT molecular complexity index is 807. The molecule has 2 N–H and O–H groups in total. The third-order valence-electron chi connectivity index (χ3n) is 3.90. The minimum Gasteiger partial charge on any atom is -0.427 e. The number of thioether (sulfide) groups is 2. The normalized spacial score (nSPS) is 10.7. The number of benzene rings is 2. The third kappa shape index (κ3) is 10.4. The first-order valence-electron chi connectivity index (χ1n) is 9.65. The fraction of sp³-hybridized carbons (Fsp3) is 0.318. The average Bonchev–Trinajstić information content (AvgIpc) is 2.69. The number of amides is 1. The van der Waals surface area contributed by atoms with Gasteiger partial charge >= 0.3 is 11.9 Å². The first-order chi connectivity index (χ1) is 14.8. The maximum atomic E-state index is 11.4. The van der Waals surface area contributed by atoms with E-state index in [4.69, 9.17) is 15.2 Å². The van der Waals surface area contributed by atoms with Gasteiger partial charge in [-0.05, 0) is 48.5 Å². The number of nitrogens with two attached hydrogens (primary N) is 1. The summed E-state index contributed by atoms with van der Waals surface area (Å²) in [6, 6.07) is 14.6. The summed E-state index contributed by atoms with van der Waals surface area (Å²) >= 11 is 3.31. The van der Waals surface area contributed by atoms with Gasteiger partial charge in [-0.1, -0.05) is 0 Å². The van der Waals surface area contributed by atoms with Gasteiger partial charge in [0.1, 0.15) is 11.5 Å². The van der Waals surface area contributed by atoms with Gasteiger partial charge in [0.15, 0.2) is 0 Å². The van der Waals surface area contributed by atoms with Gasteiger partial charge in [0.05, 0.1) is 6.54 Å². The first-order valence-corrected chi connectivity index (χ1v) is 11.6. The second-order valence-corrected chi connectivity index (χ2v) is 8.91. The Morgan fingerprint density at radius 3 is 1.48 bits per heavy atom. The Hall–Kier alpha value is -2.49. The van der Waals surface area contributed by atoms with E-state index in [1.807, 2.05) is 29.2 Å². The molecule has 2 aromatic rings. The molecule has 7 nitrogen and oxygen atoms in total. The molecular formula is C22H26N2O5S2. The van der Waals surface area contributed by atoms with Crippen LogP contribution in [0.2, 0.25) is 0 Å². The average molecular weight is 463 g/mol. The quantitative estimate of drug-likeness (QED) is 0.292. The molecule has 1 amide bonds. The number of carbonyl (C=O) groups excluding carboxylic acids is 3. The van der Waals surface area contributed by atoms with Crippen LogP contribution in [0.4, 0.5) is 0 Å². The van der Waals surface area contributed by atoms with Crippen LogP contribution in [-0.4, -0.2) is 53.9 Å². The molecular weight excluding hydrogens is 436 g/mol. The highest BCUT2D eigenvalue weighted by atomic mass is 32.2. The van der Waals surface area contributed by atoms with Gasteiger partial charge < -0.3 is 15.2 Å². The van der Waals surface area contributed by atoms with Crippen LogP contribution in [0.15, 0.2) is 58.3 Å². The van der Waals surface area contributed by atoms with E-state index in [0.29, 0.717) is 24.6 Å². The predicted molar refractivity (Wildman–Crippen MR) is 123 cm³/mol. The molecule has 0 spiro atoms. The zero-order valence-electron chi connectivity index (χ0n) is 17.5. The lowest BCUT2D eigenvalue weighted by Gasteiger charge is -2.20. The molecule has 0 bridgehead atoms. The smallest absolute Gasteiger partial charge is 0.308 e. The van der Waals surface area contributed by atoms with Crippen LogP contribution in [0.25, 0.3) is 0 Å². The summed E-state index contributed by atoms with van der Waals surface area (Å²) in [7, 11) is 0. The third-order valence-corrected chi connectivity index (χ3v) is 5.89. The van der Waals surface area contributed by atoms with E-state index < -0.39 is 0 Å². The summed E-state index contributed by atoms with van der Waals surface area (Å²) in [6.45, 7) is 4.37. The predicted octanol–water partition coefficient (Wildman–Crippen LogP) is 3.21. The molecule has 31 heavy (non-hydrogen) atoms. The van der Waals surface area contributed by atoms with E-state index in [-0.39, 0.29) is 24.4 Å². The number of hydrogen-bond acceptors (Lipinski definition) is 8. The van der Waals surface area contributed by atoms with E-state index in [9.17, 15) is 14.4 Å². The summed E-state index contributed by atoms with van der Waals surface area (Å²) in [5, 5.41) is 0. The minimum absolute atomic E-state index is 0.206. The molecule has 0 aliphatic rings. The van der Waals surface area contributed by atoms with E-state index in [2.05, 4.69) is 0 Å². The first kappa shape index (κ1) is 24.8. The number of carbonyl (C=O) groups is 3. The molecule has 2 rings (SSSR count). The van der Waals surface area contributed by atoms with E-state index in [1.54, 1.807) is 47.8 Å². The van der Waals surface area contributed by atoms with Gasteiger partial charge in [-0.3, -0.25) is 19.3 Å². The SMILES string of the molecule is CC(=O)Oc1ccc(SCCN(CCSc2ccc(OC(C)=O)cc2)CC(N)=O)cc1. The van der Waals surface area contributed by atoms with Crippen LogP contribution in [0.1, 0.15) is 13.8 Å². The summed E-state index contributed by atoms with van der Waals surface area (Å²) in [6.07, 6.45) is 0. The molecule has 0 fully saturated rings. The molecule has 0 unspecified atom stereocenters. The van der Waals surface area contributed by atoms with Crippen LogP contribution in [-0.2, 0) is 14.4 Å². The molecule has 0 aromatic heterocycles. The molecule has 0 aliphatic carbocycles. The van der Waals surface area contributed by atoms with Crippen molar-refractivity contribution in [2.24, 2.45) is 5.73 Å². The van der Waals surface area contributed by atoms with E-state index >= 15 is 0 Å². The van der Waals surface area contributed by atoms with Crippen molar-refractivity contribution in [3.05, 3.63) is 48.5 Å². The second-order valence-electron chi connectivity index (χ2n) is 6.57. The number of ether oxygens (including phenoxy) is 2. The Labute approximate surface area is 190 Å². The van der Waals surface area contributed by atoms with Crippen molar-refractivity contribution >= 4 is 41.4 Å². The second kappa shape index (κ2) is 13.0. The lowest BCUT2D eigenvalue weighted by atomic mass is 10.3. The van der Waals surface area contributed by atoms with Crippen LogP contribution < -0.4 is 15.2 Å². The summed E-state index contributed by atoms with van der Waals surface area (Å²) < 4.78 is 10.1. The lowest BCUT2D eigenvalue weighted by Crippen LogP contribution is -2.36. The molecule has 166 valence electrons. The Kier molecular flexibility index (Phi) is 10.4. The topological polar surface area (TPSA) is 98.9 Å². The standard InChI is InChI=1S/C22H26N2O5S2/c1-16(25)28-18-3-7-20(8-4-18)30-13-11-24(15-22(23)27)12-14-31-21-9-5-19(6-10-21)29-17(2)26/h3-10H,11-15H2,1-2H3,(H2,23,27). The highest BCUT2D eigenvalue weighted by Gasteiger charge is 2.09. The van der Waals surface area contributed by atoms with Gasteiger partial charge in [-0.25, -0.2) is 0 Å². The van der Waals surface area contributed by atoms with Crippen molar-refractivity contribution in [3.8, 4) is 11.5 Å². The van der Waals surface area contributed by atoms with Crippen LogP contribution in [0.5, 0.6) is 11.5 Å². The summed E-state index contributed by atoms with van der Waals surface area (Å²) in [4.78, 5) is 37.5. The van der Waals surface area contributed by atoms with Gasteiger partial charge in [0, 0.05) is 48.2 Å². The van der Waals surface area contributed by atoms with Crippen LogP contribution >= 0.6 is 23.5 Å². The lowest BCUT2D eigenvalue weighted by molar-refractivity contribution is -0.132. The Morgan fingerprint density at radius 2 is 1.16 bits per heavy atom. The van der Waals surface area contributed by atoms with Crippen molar-refractivity contribution in [2.75, 3.05) is 31.1 Å². The summed E-state index contributed by atoms with van der Waals surface area (Å²) in [5.74, 6) is 1.58. The molecule has 0 saturated heterocycles. The maximum Gasteiger partial charge on any atom is 0.308 e. The fourth-order valence-electron chi connectivity index (χ4n) is 2.62. The van der Waals surface area contributed by atoms with Crippen LogP contribution in [0, 0.1) is 0 Å². The largest absolute Gasteiger partial charge is 0.427 e. The molecule has 2 aromatic carbocycles. The van der Waals surface area contributed by atoms with Crippen molar-refractivity contribution in [3.63, 3.8) is 0 Å². The maximum absolute atomic E-state index is 11.4. The zero-order valence-corrected chi connectivity index (χ0v) is 19.2. The molecule has 0 radical (unpaired) electrons. The van der Waals surface area contributed by atoms with E-state index in [0.717, 1.165) is 21.3 Å². The fourth-order valence-corrected chi connectivity index (χ4v) is 4.44. The van der Waals surface area contributed by atoms with Crippen molar-refractivity contribution < 1.29 is 23.9 Å². The monoisotopic (exact) mass is 462 g/mol. The van der Waals surface area contributed by atoms with Gasteiger partial charge in [-0.15, -0.1) is 23.5 Å². The highest BCUT2D eigenvalue weighted by molar-refractivity contribution is 7.99. The van der Waals surface area contributed by atoms with Gasteiger partial charge in [0.2, 0.25) is 5.91 Å². The van der Waals surface area contributed by atoms with Gasteiger partial charge in [0.25, 0.3) is 0 Å². The molecule has 0 atom stereocenters.